The van der Waals surface area contributed by atoms with Crippen molar-refractivity contribution in [3.05, 3.63) is 18.0 Å². The molecule has 20 heavy (non-hydrogen) atoms. The molecule has 0 saturated heterocycles. The van der Waals surface area contributed by atoms with Gasteiger partial charge in [-0.3, -0.25) is 4.68 Å². The molecule has 0 amide bonds. The van der Waals surface area contributed by atoms with Crippen LogP contribution >= 0.6 is 0 Å². The third-order valence-electron chi connectivity index (χ3n) is 5.15. The van der Waals surface area contributed by atoms with E-state index in [9.17, 15) is 0 Å². The van der Waals surface area contributed by atoms with Crippen molar-refractivity contribution < 1.29 is 0 Å². The molecule has 1 saturated carbocycles. The molecule has 0 spiro atoms. The number of aryl methyl sites for hydroxylation is 2. The van der Waals surface area contributed by atoms with Crippen LogP contribution in [0.3, 0.4) is 0 Å². The largest absolute Gasteiger partial charge is 0.319 e. The number of hydrogen-bond acceptors (Lipinski definition) is 2. The van der Waals surface area contributed by atoms with E-state index in [-0.39, 0.29) is 0 Å². The molecule has 3 unspecified atom stereocenters. The van der Waals surface area contributed by atoms with Crippen molar-refractivity contribution >= 4 is 0 Å². The van der Waals surface area contributed by atoms with E-state index in [4.69, 9.17) is 0 Å². The second-order valence-corrected chi connectivity index (χ2v) is 6.96. The Morgan fingerprint density at radius 2 is 2.15 bits per heavy atom. The first-order chi connectivity index (χ1) is 9.60. The standard InChI is InChI=1S/C17H31N3/c1-13(2)15-7-8-17(11-18-3)16(9-15)6-5-14-10-19-20(4)12-14/h10,12-13,15-18H,5-9,11H2,1-4H3. The van der Waals surface area contributed by atoms with E-state index in [1.54, 1.807) is 0 Å². The van der Waals surface area contributed by atoms with Crippen LogP contribution in [0.5, 0.6) is 0 Å². The van der Waals surface area contributed by atoms with Gasteiger partial charge in [0.25, 0.3) is 0 Å². The SMILES string of the molecule is CNCC1CCC(C(C)C)CC1CCc1cnn(C)c1. The molecule has 1 aliphatic carbocycles. The maximum atomic E-state index is 4.28. The van der Waals surface area contributed by atoms with E-state index in [0.29, 0.717) is 0 Å². The Labute approximate surface area is 124 Å². The van der Waals surface area contributed by atoms with Crippen molar-refractivity contribution in [3.63, 3.8) is 0 Å². The van der Waals surface area contributed by atoms with Crippen molar-refractivity contribution in [1.29, 1.82) is 0 Å². The second-order valence-electron chi connectivity index (χ2n) is 6.96. The normalized spacial score (nSPS) is 27.1. The van der Waals surface area contributed by atoms with Crippen LogP contribution < -0.4 is 5.32 Å². The zero-order valence-corrected chi connectivity index (χ0v) is 13.6. The summed E-state index contributed by atoms with van der Waals surface area (Å²) in [5.41, 5.74) is 1.39. The third-order valence-corrected chi connectivity index (χ3v) is 5.15. The van der Waals surface area contributed by atoms with Crippen LogP contribution in [0.1, 0.15) is 45.1 Å². The molecule has 1 heterocycles. The van der Waals surface area contributed by atoms with Crippen molar-refractivity contribution in [2.45, 2.75) is 46.0 Å². The topological polar surface area (TPSA) is 29.9 Å². The van der Waals surface area contributed by atoms with Crippen LogP contribution in [0.4, 0.5) is 0 Å². The van der Waals surface area contributed by atoms with Gasteiger partial charge in [0.05, 0.1) is 6.20 Å². The van der Waals surface area contributed by atoms with Crippen molar-refractivity contribution in [2.75, 3.05) is 13.6 Å². The quantitative estimate of drug-likeness (QED) is 0.865. The highest BCUT2D eigenvalue weighted by molar-refractivity contribution is 5.04. The lowest BCUT2D eigenvalue weighted by molar-refractivity contribution is 0.139. The minimum Gasteiger partial charge on any atom is -0.319 e. The van der Waals surface area contributed by atoms with E-state index >= 15 is 0 Å². The number of aromatic nitrogens is 2. The summed E-state index contributed by atoms with van der Waals surface area (Å²) >= 11 is 0. The average molecular weight is 277 g/mol. The number of nitrogens with zero attached hydrogens (tertiary/aromatic N) is 2. The van der Waals surface area contributed by atoms with E-state index in [2.05, 4.69) is 37.5 Å². The van der Waals surface area contributed by atoms with Crippen molar-refractivity contribution in [2.24, 2.45) is 30.7 Å². The fraction of sp³-hybridized carbons (Fsp3) is 0.824. The first-order valence-corrected chi connectivity index (χ1v) is 8.22. The third kappa shape index (κ3) is 4.08. The Bertz CT molecular complexity index is 397. The molecule has 1 N–H and O–H groups in total. The Kier molecular flexibility index (Phi) is 5.64. The first-order valence-electron chi connectivity index (χ1n) is 8.22. The lowest BCUT2D eigenvalue weighted by Gasteiger charge is -2.38. The molecule has 0 aromatic carbocycles. The van der Waals surface area contributed by atoms with Gasteiger partial charge in [-0.2, -0.15) is 5.10 Å². The minimum atomic E-state index is 0.839. The Morgan fingerprint density at radius 1 is 1.35 bits per heavy atom. The highest BCUT2D eigenvalue weighted by Crippen LogP contribution is 2.39. The molecule has 1 aliphatic rings. The molecule has 1 fully saturated rings. The molecule has 3 nitrogen and oxygen atoms in total. The molecule has 1 aromatic heterocycles. The van der Waals surface area contributed by atoms with Gasteiger partial charge in [-0.25, -0.2) is 0 Å². The van der Waals surface area contributed by atoms with Gasteiger partial charge in [0.2, 0.25) is 0 Å². The molecule has 114 valence electrons. The molecular formula is C17H31N3. The molecular weight excluding hydrogens is 246 g/mol. The summed E-state index contributed by atoms with van der Waals surface area (Å²) < 4.78 is 1.91. The van der Waals surface area contributed by atoms with Crippen molar-refractivity contribution in [3.8, 4) is 0 Å². The van der Waals surface area contributed by atoms with E-state index < -0.39 is 0 Å². The monoisotopic (exact) mass is 277 g/mol. The summed E-state index contributed by atoms with van der Waals surface area (Å²) in [6.45, 7) is 5.96. The summed E-state index contributed by atoms with van der Waals surface area (Å²) in [7, 11) is 4.09. The van der Waals surface area contributed by atoms with Gasteiger partial charge in [-0.1, -0.05) is 13.8 Å². The zero-order valence-electron chi connectivity index (χ0n) is 13.6. The number of hydrogen-bond donors (Lipinski definition) is 1. The first kappa shape index (κ1) is 15.6. The highest BCUT2D eigenvalue weighted by Gasteiger charge is 2.31. The molecule has 1 aromatic rings. The van der Waals surface area contributed by atoms with Gasteiger partial charge < -0.3 is 5.32 Å². The Balaban J connectivity index is 1.92. The molecule has 0 radical (unpaired) electrons. The number of nitrogens with one attached hydrogen (secondary N) is 1. The minimum absolute atomic E-state index is 0.839. The number of rotatable bonds is 6. The second kappa shape index (κ2) is 7.26. The summed E-state index contributed by atoms with van der Waals surface area (Å²) in [6, 6.07) is 0. The van der Waals surface area contributed by atoms with Gasteiger partial charge >= 0.3 is 0 Å². The van der Waals surface area contributed by atoms with Gasteiger partial charge in [-0.05, 0) is 74.9 Å². The molecule has 0 bridgehead atoms. The predicted octanol–water partition coefficient (Wildman–Crippen LogP) is 3.26. The maximum Gasteiger partial charge on any atom is 0.0521 e. The van der Waals surface area contributed by atoms with Gasteiger partial charge in [-0.15, -0.1) is 0 Å². The summed E-state index contributed by atoms with van der Waals surface area (Å²) in [5.74, 6) is 3.52. The maximum absolute atomic E-state index is 4.28. The Morgan fingerprint density at radius 3 is 2.75 bits per heavy atom. The van der Waals surface area contributed by atoms with Crippen LogP contribution in [0.2, 0.25) is 0 Å². The molecule has 2 rings (SSSR count). The van der Waals surface area contributed by atoms with Crippen LogP contribution in [-0.4, -0.2) is 23.4 Å². The molecule has 3 heteroatoms. The highest BCUT2D eigenvalue weighted by atomic mass is 15.2. The Hall–Kier alpha value is -0.830. The van der Waals surface area contributed by atoms with E-state index in [0.717, 1.165) is 23.7 Å². The van der Waals surface area contributed by atoms with Crippen LogP contribution in [0.15, 0.2) is 12.4 Å². The van der Waals surface area contributed by atoms with E-state index in [1.165, 1.54) is 44.2 Å². The summed E-state index contributed by atoms with van der Waals surface area (Å²) in [5, 5.41) is 7.68. The van der Waals surface area contributed by atoms with Crippen LogP contribution in [-0.2, 0) is 13.5 Å². The lowest BCUT2D eigenvalue weighted by Crippen LogP contribution is -2.33. The van der Waals surface area contributed by atoms with Gasteiger partial charge in [0.1, 0.15) is 0 Å². The smallest absolute Gasteiger partial charge is 0.0521 e. The van der Waals surface area contributed by atoms with Crippen molar-refractivity contribution in [1.82, 2.24) is 15.1 Å². The molecule has 3 atom stereocenters. The van der Waals surface area contributed by atoms with E-state index in [1.807, 2.05) is 17.9 Å². The fourth-order valence-electron chi connectivity index (χ4n) is 3.81. The fourth-order valence-corrected chi connectivity index (χ4v) is 3.81. The average Bonchev–Trinajstić information content (AvgIpc) is 2.83. The lowest BCUT2D eigenvalue weighted by atomic mass is 9.69. The summed E-state index contributed by atoms with van der Waals surface area (Å²) in [4.78, 5) is 0. The summed E-state index contributed by atoms with van der Waals surface area (Å²) in [6.07, 6.45) is 10.9. The predicted molar refractivity (Wildman–Crippen MR) is 84.6 cm³/mol. The molecule has 0 aliphatic heterocycles. The van der Waals surface area contributed by atoms with Crippen LogP contribution in [0, 0.1) is 23.7 Å². The zero-order chi connectivity index (χ0) is 14.5. The van der Waals surface area contributed by atoms with Crippen LogP contribution in [0.25, 0.3) is 0 Å². The van der Waals surface area contributed by atoms with Gasteiger partial charge in [0.15, 0.2) is 0 Å². The van der Waals surface area contributed by atoms with Gasteiger partial charge in [0, 0.05) is 13.2 Å².